The second-order valence-electron chi connectivity index (χ2n) is 8.43. The summed E-state index contributed by atoms with van der Waals surface area (Å²) in [5.74, 6) is -0.0587. The van der Waals surface area contributed by atoms with Crippen LogP contribution in [0, 0.1) is 0 Å². The molecule has 0 bridgehead atoms. The number of phenolic OH excluding ortho intramolecular Hbond substituents is 1. The zero-order valence-corrected chi connectivity index (χ0v) is 19.6. The van der Waals surface area contributed by atoms with Crippen LogP contribution < -0.4 is 5.32 Å². The normalized spacial score (nSPS) is 16.7. The van der Waals surface area contributed by atoms with E-state index in [9.17, 15) is 15.0 Å². The Bertz CT molecular complexity index is 1150. The van der Waals surface area contributed by atoms with Gasteiger partial charge in [0.25, 0.3) is 0 Å². The van der Waals surface area contributed by atoms with Crippen molar-refractivity contribution in [1.82, 2.24) is 5.32 Å². The fourth-order valence-electron chi connectivity index (χ4n) is 4.12. The lowest BCUT2D eigenvalue weighted by atomic mass is 9.97. The quantitative estimate of drug-likeness (QED) is 0.412. The van der Waals surface area contributed by atoms with E-state index < -0.39 is 12.1 Å². The highest BCUT2D eigenvalue weighted by molar-refractivity contribution is 6.01. The molecule has 182 valence electrons. The molecule has 1 unspecified atom stereocenters. The zero-order chi connectivity index (χ0) is 24.6. The van der Waals surface area contributed by atoms with Gasteiger partial charge in [-0.3, -0.25) is 4.79 Å². The van der Waals surface area contributed by atoms with Gasteiger partial charge in [-0.05, 0) is 47.4 Å². The van der Waals surface area contributed by atoms with Crippen molar-refractivity contribution in [2.24, 2.45) is 5.16 Å². The van der Waals surface area contributed by atoms with E-state index in [1.807, 2.05) is 73.7 Å². The predicted molar refractivity (Wildman–Crippen MR) is 133 cm³/mol. The molecule has 0 spiro atoms. The van der Waals surface area contributed by atoms with E-state index in [0.29, 0.717) is 19.4 Å². The van der Waals surface area contributed by atoms with E-state index >= 15 is 0 Å². The zero-order valence-electron chi connectivity index (χ0n) is 19.6. The van der Waals surface area contributed by atoms with E-state index in [-0.39, 0.29) is 24.4 Å². The van der Waals surface area contributed by atoms with Crippen molar-refractivity contribution in [2.45, 2.75) is 38.0 Å². The number of amides is 1. The molecular formula is C28H30N2O5. The van der Waals surface area contributed by atoms with Crippen molar-refractivity contribution < 1.29 is 24.6 Å². The highest BCUT2D eigenvalue weighted by Crippen LogP contribution is 2.30. The van der Waals surface area contributed by atoms with Gasteiger partial charge >= 0.3 is 0 Å². The summed E-state index contributed by atoms with van der Waals surface area (Å²) < 4.78 is 5.77. The second-order valence-corrected chi connectivity index (χ2v) is 8.43. The van der Waals surface area contributed by atoms with Crippen molar-refractivity contribution in [2.75, 3.05) is 13.2 Å². The van der Waals surface area contributed by atoms with Crippen LogP contribution in [0.1, 0.15) is 47.7 Å². The number of ether oxygens (including phenoxy) is 1. The number of aromatic hydroxyl groups is 1. The first-order chi connectivity index (χ1) is 17.1. The molecule has 3 atom stereocenters. The number of carbonyl (C=O) groups excluding carboxylic acids is 1. The minimum atomic E-state index is -0.695. The van der Waals surface area contributed by atoms with Gasteiger partial charge in [0, 0.05) is 19.4 Å². The summed E-state index contributed by atoms with van der Waals surface area (Å²) in [6.07, 6.45) is 0.0959. The fraction of sp³-hybridized carbons (Fsp3) is 0.286. The van der Waals surface area contributed by atoms with Crippen molar-refractivity contribution in [3.63, 3.8) is 0 Å². The first-order valence-corrected chi connectivity index (χ1v) is 11.8. The lowest BCUT2D eigenvalue weighted by Crippen LogP contribution is -2.41. The van der Waals surface area contributed by atoms with Crippen LogP contribution in [0.4, 0.5) is 0 Å². The third-order valence-electron chi connectivity index (χ3n) is 5.98. The molecule has 1 aliphatic rings. The summed E-state index contributed by atoms with van der Waals surface area (Å²) >= 11 is 0. The SMILES string of the molecule is CCO[C@H](Cc1cccc(C2=NOC(c3ccc(O)cc3)C2)c1)C(=O)N[C@@H](CO)c1ccccc1. The van der Waals surface area contributed by atoms with Crippen LogP contribution in [0.3, 0.4) is 0 Å². The van der Waals surface area contributed by atoms with Crippen LogP contribution in [0.5, 0.6) is 5.75 Å². The van der Waals surface area contributed by atoms with Gasteiger partial charge in [-0.2, -0.15) is 0 Å². The number of aliphatic hydroxyl groups is 1. The number of phenols is 1. The number of oxime groups is 1. The number of hydrogen-bond acceptors (Lipinski definition) is 6. The molecule has 0 saturated carbocycles. The van der Waals surface area contributed by atoms with Crippen LogP contribution in [-0.4, -0.2) is 41.1 Å². The molecule has 0 radical (unpaired) electrons. The van der Waals surface area contributed by atoms with Crippen LogP contribution in [0.2, 0.25) is 0 Å². The topological polar surface area (TPSA) is 100 Å². The van der Waals surface area contributed by atoms with Gasteiger partial charge in [0.15, 0.2) is 6.10 Å². The maximum atomic E-state index is 13.0. The Kier molecular flexibility index (Phi) is 8.13. The fourth-order valence-corrected chi connectivity index (χ4v) is 4.12. The Morgan fingerprint density at radius 1 is 1.11 bits per heavy atom. The summed E-state index contributed by atoms with van der Waals surface area (Å²) in [5.41, 5.74) is 4.47. The molecular weight excluding hydrogens is 444 g/mol. The molecule has 0 saturated heterocycles. The summed E-state index contributed by atoms with van der Waals surface area (Å²) in [7, 11) is 0. The van der Waals surface area contributed by atoms with Gasteiger partial charge in [-0.25, -0.2) is 0 Å². The first kappa shape index (κ1) is 24.4. The summed E-state index contributed by atoms with van der Waals surface area (Å²) in [6, 6.07) is 23.7. The smallest absolute Gasteiger partial charge is 0.250 e. The number of rotatable bonds is 10. The molecule has 35 heavy (non-hydrogen) atoms. The molecule has 3 aromatic rings. The monoisotopic (exact) mass is 474 g/mol. The highest BCUT2D eigenvalue weighted by Gasteiger charge is 2.26. The maximum Gasteiger partial charge on any atom is 0.250 e. The number of hydrogen-bond donors (Lipinski definition) is 3. The largest absolute Gasteiger partial charge is 0.508 e. The van der Waals surface area contributed by atoms with Crippen molar-refractivity contribution in [3.05, 3.63) is 101 Å². The molecule has 3 N–H and O–H groups in total. The van der Waals surface area contributed by atoms with Gasteiger partial charge in [0.05, 0.1) is 18.4 Å². The van der Waals surface area contributed by atoms with Crippen molar-refractivity contribution >= 4 is 11.6 Å². The van der Waals surface area contributed by atoms with Gasteiger partial charge in [-0.1, -0.05) is 65.8 Å². The Morgan fingerprint density at radius 2 is 1.89 bits per heavy atom. The van der Waals surface area contributed by atoms with E-state index in [1.54, 1.807) is 12.1 Å². The third kappa shape index (κ3) is 6.26. The van der Waals surface area contributed by atoms with E-state index in [1.165, 1.54) is 0 Å². The van der Waals surface area contributed by atoms with Gasteiger partial charge in [-0.15, -0.1) is 0 Å². The number of carbonyl (C=O) groups is 1. The molecule has 0 aromatic heterocycles. The Balaban J connectivity index is 1.43. The third-order valence-corrected chi connectivity index (χ3v) is 5.98. The Morgan fingerprint density at radius 3 is 2.60 bits per heavy atom. The summed E-state index contributed by atoms with van der Waals surface area (Å²) in [4.78, 5) is 18.7. The minimum absolute atomic E-state index is 0.202. The Hall–Kier alpha value is -3.68. The molecule has 3 aromatic carbocycles. The van der Waals surface area contributed by atoms with Crippen LogP contribution >= 0.6 is 0 Å². The molecule has 1 amide bonds. The molecule has 0 aliphatic carbocycles. The van der Waals surface area contributed by atoms with Gasteiger partial charge in [0.2, 0.25) is 5.91 Å². The van der Waals surface area contributed by atoms with E-state index in [4.69, 9.17) is 9.57 Å². The number of benzene rings is 3. The van der Waals surface area contributed by atoms with Crippen LogP contribution in [0.15, 0.2) is 84.0 Å². The van der Waals surface area contributed by atoms with Crippen LogP contribution in [-0.2, 0) is 20.8 Å². The average molecular weight is 475 g/mol. The summed E-state index contributed by atoms with van der Waals surface area (Å²) in [6.45, 7) is 2.04. The molecule has 0 fully saturated rings. The summed E-state index contributed by atoms with van der Waals surface area (Å²) in [5, 5.41) is 26.5. The van der Waals surface area contributed by atoms with Gasteiger partial charge < -0.3 is 25.1 Å². The number of nitrogens with one attached hydrogen (secondary N) is 1. The lowest BCUT2D eigenvalue weighted by Gasteiger charge is -2.22. The van der Waals surface area contributed by atoms with Crippen molar-refractivity contribution in [1.29, 1.82) is 0 Å². The number of nitrogens with zero attached hydrogens (tertiary/aromatic N) is 1. The van der Waals surface area contributed by atoms with Gasteiger partial charge in [0.1, 0.15) is 11.9 Å². The Labute approximate surface area is 205 Å². The number of aliphatic hydroxyl groups excluding tert-OH is 1. The van der Waals surface area contributed by atoms with Crippen molar-refractivity contribution in [3.8, 4) is 5.75 Å². The molecule has 4 rings (SSSR count). The lowest BCUT2D eigenvalue weighted by molar-refractivity contribution is -0.133. The average Bonchev–Trinajstić information content (AvgIpc) is 3.38. The van der Waals surface area contributed by atoms with Crippen LogP contribution in [0.25, 0.3) is 0 Å². The first-order valence-electron chi connectivity index (χ1n) is 11.8. The standard InChI is InChI=1S/C28H30N2O5/c1-2-34-27(28(33)29-25(18-31)20-8-4-3-5-9-20)16-19-7-6-10-22(15-19)24-17-26(35-30-24)21-11-13-23(32)14-12-21/h3-15,25-27,31-32H,2,16-18H2,1H3,(H,29,33)/t25-,26?,27+/m0/s1. The minimum Gasteiger partial charge on any atom is -0.508 e. The predicted octanol–water partition coefficient (Wildman–Crippen LogP) is 4.06. The van der Waals surface area contributed by atoms with E-state index in [2.05, 4.69) is 10.5 Å². The molecule has 7 nitrogen and oxygen atoms in total. The maximum absolute atomic E-state index is 13.0. The highest BCUT2D eigenvalue weighted by atomic mass is 16.6. The molecule has 7 heteroatoms. The molecule has 1 heterocycles. The van der Waals surface area contributed by atoms with E-state index in [0.717, 1.165) is 28.0 Å². The molecule has 1 aliphatic heterocycles. The second kappa shape index (κ2) is 11.6.